The Balaban J connectivity index is 1.50. The molecule has 0 saturated carbocycles. The van der Waals surface area contributed by atoms with Crippen molar-refractivity contribution in [3.05, 3.63) is 51.2 Å². The molecule has 0 amide bonds. The van der Waals surface area contributed by atoms with E-state index in [1.54, 1.807) is 10.4 Å². The van der Waals surface area contributed by atoms with Crippen LogP contribution < -0.4 is 10.1 Å². The summed E-state index contributed by atoms with van der Waals surface area (Å²) >= 11 is 1.98. The van der Waals surface area contributed by atoms with Gasteiger partial charge in [-0.2, -0.15) is 0 Å². The molecule has 1 aromatic carbocycles. The van der Waals surface area contributed by atoms with E-state index in [1.165, 1.54) is 29.7 Å². The van der Waals surface area contributed by atoms with Crippen molar-refractivity contribution in [2.24, 2.45) is 0 Å². The fourth-order valence-corrected chi connectivity index (χ4v) is 4.00. The molecule has 1 aromatic heterocycles. The maximum Gasteiger partial charge on any atom is 0.119 e. The first-order valence-corrected chi connectivity index (χ1v) is 8.69. The van der Waals surface area contributed by atoms with E-state index < -0.39 is 0 Å². The number of hydrogen-bond donors (Lipinski definition) is 1. The molecular formula is C18H23NOS. The zero-order valence-electron chi connectivity index (χ0n) is 12.7. The third-order valence-corrected chi connectivity index (χ3v) is 5.03. The van der Waals surface area contributed by atoms with Crippen molar-refractivity contribution in [3.63, 3.8) is 0 Å². The minimum atomic E-state index is 0.789. The average Bonchev–Trinajstić information content (AvgIpc) is 3.07. The third-order valence-electron chi connectivity index (χ3n) is 3.80. The average molecular weight is 301 g/mol. The van der Waals surface area contributed by atoms with E-state index in [2.05, 4.69) is 36.5 Å². The van der Waals surface area contributed by atoms with Gasteiger partial charge in [0.15, 0.2) is 0 Å². The van der Waals surface area contributed by atoms with E-state index >= 15 is 0 Å². The van der Waals surface area contributed by atoms with Crippen LogP contribution in [0.1, 0.15) is 40.6 Å². The molecule has 0 aliphatic heterocycles. The highest BCUT2D eigenvalue weighted by molar-refractivity contribution is 7.12. The van der Waals surface area contributed by atoms with E-state index in [1.807, 2.05) is 17.4 Å². The molecule has 0 fully saturated rings. The van der Waals surface area contributed by atoms with Gasteiger partial charge in [-0.05, 0) is 55.0 Å². The van der Waals surface area contributed by atoms with Crippen LogP contribution >= 0.6 is 11.3 Å². The van der Waals surface area contributed by atoms with Crippen molar-refractivity contribution in [1.29, 1.82) is 0 Å². The second kappa shape index (κ2) is 7.10. The largest absolute Gasteiger partial charge is 0.494 e. The molecule has 0 radical (unpaired) electrons. The van der Waals surface area contributed by atoms with Gasteiger partial charge in [0.1, 0.15) is 5.75 Å². The predicted octanol–water partition coefficient (Wildman–Crippen LogP) is 4.32. The lowest BCUT2D eigenvalue weighted by Crippen LogP contribution is -2.11. The number of ether oxygens (including phenoxy) is 1. The number of benzene rings is 1. The molecule has 1 N–H and O–H groups in total. The number of rotatable bonds is 7. The highest BCUT2D eigenvalue weighted by Gasteiger charge is 2.14. The fourth-order valence-electron chi connectivity index (χ4n) is 2.77. The van der Waals surface area contributed by atoms with Crippen molar-refractivity contribution in [3.8, 4) is 5.75 Å². The zero-order chi connectivity index (χ0) is 14.5. The summed E-state index contributed by atoms with van der Waals surface area (Å²) in [4.78, 5) is 3.08. The molecule has 0 bridgehead atoms. The van der Waals surface area contributed by atoms with E-state index in [4.69, 9.17) is 4.74 Å². The lowest BCUT2D eigenvalue weighted by Gasteiger charge is -2.08. The van der Waals surface area contributed by atoms with Crippen LogP contribution in [-0.2, 0) is 25.9 Å². The van der Waals surface area contributed by atoms with Crippen LogP contribution in [0.3, 0.4) is 0 Å². The van der Waals surface area contributed by atoms with Gasteiger partial charge >= 0.3 is 0 Å². The molecule has 1 aliphatic carbocycles. The summed E-state index contributed by atoms with van der Waals surface area (Å²) in [5.41, 5.74) is 2.87. The Morgan fingerprint density at radius 2 is 2.14 bits per heavy atom. The van der Waals surface area contributed by atoms with Gasteiger partial charge in [0.2, 0.25) is 0 Å². The molecule has 0 spiro atoms. The van der Waals surface area contributed by atoms with E-state index in [0.717, 1.165) is 31.9 Å². The third kappa shape index (κ3) is 3.86. The van der Waals surface area contributed by atoms with Crippen LogP contribution in [-0.4, -0.2) is 6.61 Å². The standard InChI is InChI=1S/C18H23NOS/c1-2-9-20-16-7-3-5-14(10-16)12-19-13-17-11-15-6-4-8-18(15)21-17/h3,5,7,10-11,19H,2,4,6,8-9,12-13H2,1H3. The van der Waals surface area contributed by atoms with Crippen molar-refractivity contribution in [1.82, 2.24) is 5.32 Å². The SMILES string of the molecule is CCCOc1cccc(CNCc2cc3c(s2)CCC3)c1. The van der Waals surface area contributed by atoms with Crippen LogP contribution in [0, 0.1) is 0 Å². The molecular weight excluding hydrogens is 278 g/mol. The lowest BCUT2D eigenvalue weighted by atomic mass is 10.2. The van der Waals surface area contributed by atoms with Gasteiger partial charge in [0.25, 0.3) is 0 Å². The fraction of sp³-hybridized carbons (Fsp3) is 0.444. The summed E-state index contributed by atoms with van der Waals surface area (Å²) < 4.78 is 5.68. The Labute approximate surface area is 131 Å². The van der Waals surface area contributed by atoms with Gasteiger partial charge in [-0.1, -0.05) is 19.1 Å². The Bertz CT molecular complexity index is 569. The molecule has 1 heterocycles. The van der Waals surface area contributed by atoms with Gasteiger partial charge in [-0.3, -0.25) is 0 Å². The molecule has 21 heavy (non-hydrogen) atoms. The van der Waals surface area contributed by atoms with Gasteiger partial charge < -0.3 is 10.1 Å². The molecule has 112 valence electrons. The summed E-state index contributed by atoms with van der Waals surface area (Å²) in [7, 11) is 0. The summed E-state index contributed by atoms with van der Waals surface area (Å²) in [6.07, 6.45) is 4.96. The Kier molecular flexibility index (Phi) is 4.94. The zero-order valence-corrected chi connectivity index (χ0v) is 13.5. The Morgan fingerprint density at radius 3 is 3.00 bits per heavy atom. The minimum absolute atomic E-state index is 0.789. The molecule has 3 heteroatoms. The number of aryl methyl sites for hydroxylation is 2. The molecule has 0 atom stereocenters. The summed E-state index contributed by atoms with van der Waals surface area (Å²) in [6.45, 7) is 4.78. The smallest absolute Gasteiger partial charge is 0.119 e. The van der Waals surface area contributed by atoms with Gasteiger partial charge in [0.05, 0.1) is 6.61 Å². The van der Waals surface area contributed by atoms with E-state index in [0.29, 0.717) is 0 Å². The van der Waals surface area contributed by atoms with Crippen LogP contribution in [0.4, 0.5) is 0 Å². The minimum Gasteiger partial charge on any atom is -0.494 e. The molecule has 2 nitrogen and oxygen atoms in total. The summed E-state index contributed by atoms with van der Waals surface area (Å²) in [5, 5.41) is 3.54. The first-order valence-electron chi connectivity index (χ1n) is 7.88. The van der Waals surface area contributed by atoms with Gasteiger partial charge in [-0.25, -0.2) is 0 Å². The Morgan fingerprint density at radius 1 is 1.19 bits per heavy atom. The topological polar surface area (TPSA) is 21.3 Å². The normalized spacial score (nSPS) is 13.4. The second-order valence-corrected chi connectivity index (χ2v) is 6.84. The van der Waals surface area contributed by atoms with Crippen molar-refractivity contribution in [2.45, 2.75) is 45.7 Å². The highest BCUT2D eigenvalue weighted by atomic mass is 32.1. The van der Waals surface area contributed by atoms with Crippen LogP contribution in [0.15, 0.2) is 30.3 Å². The van der Waals surface area contributed by atoms with Crippen LogP contribution in [0.5, 0.6) is 5.75 Å². The predicted molar refractivity (Wildman–Crippen MR) is 89.1 cm³/mol. The first-order chi connectivity index (χ1) is 10.3. The van der Waals surface area contributed by atoms with E-state index in [-0.39, 0.29) is 0 Å². The van der Waals surface area contributed by atoms with Gasteiger partial charge in [-0.15, -0.1) is 11.3 Å². The van der Waals surface area contributed by atoms with Crippen molar-refractivity contribution < 1.29 is 4.74 Å². The summed E-state index contributed by atoms with van der Waals surface area (Å²) in [5.74, 6) is 0.978. The quantitative estimate of drug-likeness (QED) is 0.822. The van der Waals surface area contributed by atoms with Crippen molar-refractivity contribution >= 4 is 11.3 Å². The number of thiophene rings is 1. The second-order valence-electron chi connectivity index (χ2n) is 5.61. The van der Waals surface area contributed by atoms with Crippen LogP contribution in [0.2, 0.25) is 0 Å². The number of fused-ring (bicyclic) bond motifs is 1. The first kappa shape index (κ1) is 14.6. The number of nitrogens with one attached hydrogen (secondary N) is 1. The highest BCUT2D eigenvalue weighted by Crippen LogP contribution is 2.30. The molecule has 2 aromatic rings. The van der Waals surface area contributed by atoms with E-state index in [9.17, 15) is 0 Å². The van der Waals surface area contributed by atoms with Crippen LogP contribution in [0.25, 0.3) is 0 Å². The maximum atomic E-state index is 5.68. The van der Waals surface area contributed by atoms with Gasteiger partial charge in [0, 0.05) is 22.8 Å². The molecule has 1 aliphatic rings. The number of hydrogen-bond acceptors (Lipinski definition) is 3. The monoisotopic (exact) mass is 301 g/mol. The van der Waals surface area contributed by atoms with Crippen molar-refractivity contribution in [2.75, 3.05) is 6.61 Å². The maximum absolute atomic E-state index is 5.68. The lowest BCUT2D eigenvalue weighted by molar-refractivity contribution is 0.317. The molecule has 3 rings (SSSR count). The molecule has 0 unspecified atom stereocenters. The summed E-state index contributed by atoms with van der Waals surface area (Å²) in [6, 6.07) is 10.8. The Hall–Kier alpha value is -1.32. The molecule has 0 saturated heterocycles.